The van der Waals surface area contributed by atoms with Gasteiger partial charge in [0.2, 0.25) is 6.41 Å². The highest BCUT2D eigenvalue weighted by molar-refractivity contribution is 5.71. The predicted molar refractivity (Wildman–Crippen MR) is 50.4 cm³/mol. The lowest BCUT2D eigenvalue weighted by Gasteiger charge is -2.01. The molecular formula is C8H7N5O2. The van der Waals surface area contributed by atoms with Gasteiger partial charge in [-0.1, -0.05) is 10.2 Å². The van der Waals surface area contributed by atoms with Gasteiger partial charge in [0.1, 0.15) is 5.75 Å². The van der Waals surface area contributed by atoms with E-state index < -0.39 is 0 Å². The van der Waals surface area contributed by atoms with Gasteiger partial charge in [-0.15, -0.1) is 0 Å². The second kappa shape index (κ2) is 4.18. The first-order valence-electron chi connectivity index (χ1n) is 4.10. The monoisotopic (exact) mass is 205 g/mol. The molecule has 2 N–H and O–H groups in total. The topological polar surface area (TPSA) is 92.8 Å². The van der Waals surface area contributed by atoms with Gasteiger partial charge in [-0.05, 0) is 29.5 Å². The highest BCUT2D eigenvalue weighted by atomic mass is 16.5. The minimum atomic E-state index is 0.145. The number of carbonyl (C=O) groups excluding carboxylic acids is 1. The largest absolute Gasteiger partial charge is 0.422 e. The second-order valence-electron chi connectivity index (χ2n) is 2.58. The first-order chi connectivity index (χ1) is 7.38. The number of aromatic amines is 1. The average molecular weight is 205 g/mol. The summed E-state index contributed by atoms with van der Waals surface area (Å²) in [4.78, 5) is 10.1. The average Bonchev–Trinajstić information content (AvgIpc) is 2.74. The Labute approximate surface area is 84.5 Å². The van der Waals surface area contributed by atoms with Crippen LogP contribution in [0.3, 0.4) is 0 Å². The van der Waals surface area contributed by atoms with Crippen LogP contribution in [0, 0.1) is 0 Å². The van der Waals surface area contributed by atoms with E-state index in [-0.39, 0.29) is 6.01 Å². The zero-order valence-corrected chi connectivity index (χ0v) is 7.54. The number of rotatable bonds is 4. The molecule has 0 atom stereocenters. The van der Waals surface area contributed by atoms with Crippen molar-refractivity contribution in [3.63, 3.8) is 0 Å². The first-order valence-corrected chi connectivity index (χ1v) is 4.10. The summed E-state index contributed by atoms with van der Waals surface area (Å²) < 4.78 is 5.22. The van der Waals surface area contributed by atoms with Crippen LogP contribution in [0.15, 0.2) is 24.3 Å². The summed E-state index contributed by atoms with van der Waals surface area (Å²) in [6, 6.07) is 6.91. The number of ether oxygens (including phenoxy) is 1. The lowest BCUT2D eigenvalue weighted by Crippen LogP contribution is -1.93. The summed E-state index contributed by atoms with van der Waals surface area (Å²) in [5.74, 6) is 0.563. The SMILES string of the molecule is O=CNc1ccc(Oc2nn[nH]n2)cc1. The van der Waals surface area contributed by atoms with Gasteiger partial charge in [0.25, 0.3) is 0 Å². The van der Waals surface area contributed by atoms with Crippen molar-refractivity contribution >= 4 is 12.1 Å². The van der Waals surface area contributed by atoms with Gasteiger partial charge >= 0.3 is 6.01 Å². The Balaban J connectivity index is 2.07. The maximum Gasteiger partial charge on any atom is 0.361 e. The van der Waals surface area contributed by atoms with Crippen LogP contribution in [0.1, 0.15) is 0 Å². The lowest BCUT2D eigenvalue weighted by molar-refractivity contribution is -0.105. The molecular weight excluding hydrogens is 198 g/mol. The summed E-state index contributed by atoms with van der Waals surface area (Å²) in [5.41, 5.74) is 0.686. The molecule has 0 bridgehead atoms. The van der Waals surface area contributed by atoms with Crippen molar-refractivity contribution in [1.82, 2.24) is 20.6 Å². The van der Waals surface area contributed by atoms with Crippen molar-refractivity contribution in [3.05, 3.63) is 24.3 Å². The van der Waals surface area contributed by atoms with E-state index in [0.29, 0.717) is 17.8 Å². The molecule has 0 aliphatic rings. The van der Waals surface area contributed by atoms with Gasteiger partial charge in [-0.25, -0.2) is 0 Å². The molecule has 0 fully saturated rings. The first kappa shape index (κ1) is 9.13. The molecule has 2 rings (SSSR count). The number of aromatic nitrogens is 4. The number of nitrogens with zero attached hydrogens (tertiary/aromatic N) is 3. The summed E-state index contributed by atoms with van der Waals surface area (Å²) in [7, 11) is 0. The van der Waals surface area contributed by atoms with Crippen molar-refractivity contribution < 1.29 is 9.53 Å². The number of carbonyl (C=O) groups is 1. The molecule has 76 valence electrons. The highest BCUT2D eigenvalue weighted by Crippen LogP contribution is 2.18. The van der Waals surface area contributed by atoms with Crippen molar-refractivity contribution in [3.8, 4) is 11.8 Å². The van der Waals surface area contributed by atoms with Crippen LogP contribution in [0.4, 0.5) is 5.69 Å². The Morgan fingerprint density at radius 3 is 2.73 bits per heavy atom. The van der Waals surface area contributed by atoms with Gasteiger partial charge < -0.3 is 10.1 Å². The number of nitrogens with one attached hydrogen (secondary N) is 2. The third-order valence-corrected chi connectivity index (χ3v) is 1.61. The Bertz CT molecular complexity index is 425. The van der Waals surface area contributed by atoms with E-state index in [1.165, 1.54) is 0 Å². The molecule has 1 aromatic heterocycles. The van der Waals surface area contributed by atoms with Gasteiger partial charge in [0.05, 0.1) is 0 Å². The maximum atomic E-state index is 10.1. The molecule has 0 aliphatic carbocycles. The second-order valence-corrected chi connectivity index (χ2v) is 2.58. The molecule has 0 aliphatic heterocycles. The number of benzene rings is 1. The molecule has 0 saturated carbocycles. The van der Waals surface area contributed by atoms with Crippen molar-refractivity contribution in [2.24, 2.45) is 0 Å². The molecule has 1 heterocycles. The third kappa shape index (κ3) is 2.27. The minimum Gasteiger partial charge on any atom is -0.422 e. The van der Waals surface area contributed by atoms with E-state index in [0.717, 1.165) is 0 Å². The zero-order valence-electron chi connectivity index (χ0n) is 7.54. The van der Waals surface area contributed by atoms with Crippen LogP contribution in [0.5, 0.6) is 11.8 Å². The summed E-state index contributed by atoms with van der Waals surface area (Å²) in [6.07, 6.45) is 0.606. The Kier molecular flexibility index (Phi) is 2.54. The predicted octanol–water partition coefficient (Wildman–Crippen LogP) is 0.560. The van der Waals surface area contributed by atoms with Crippen LogP contribution < -0.4 is 10.1 Å². The molecule has 7 heteroatoms. The van der Waals surface area contributed by atoms with E-state index >= 15 is 0 Å². The number of H-pyrrole nitrogens is 1. The van der Waals surface area contributed by atoms with Crippen LogP contribution in [0.25, 0.3) is 0 Å². The maximum absolute atomic E-state index is 10.1. The van der Waals surface area contributed by atoms with Crippen LogP contribution in [-0.4, -0.2) is 27.0 Å². The van der Waals surface area contributed by atoms with E-state index in [2.05, 4.69) is 25.9 Å². The van der Waals surface area contributed by atoms with E-state index in [1.54, 1.807) is 24.3 Å². The Morgan fingerprint density at radius 2 is 2.13 bits per heavy atom. The summed E-state index contributed by atoms with van der Waals surface area (Å²) >= 11 is 0. The number of tetrazole rings is 1. The van der Waals surface area contributed by atoms with Crippen LogP contribution in [-0.2, 0) is 4.79 Å². The number of anilines is 1. The summed E-state index contributed by atoms with van der Waals surface area (Å²) in [5, 5.41) is 15.4. The Morgan fingerprint density at radius 1 is 1.33 bits per heavy atom. The molecule has 1 aromatic carbocycles. The van der Waals surface area contributed by atoms with E-state index in [4.69, 9.17) is 4.74 Å². The third-order valence-electron chi connectivity index (χ3n) is 1.61. The van der Waals surface area contributed by atoms with Crippen molar-refractivity contribution in [2.75, 3.05) is 5.32 Å². The number of hydrogen-bond acceptors (Lipinski definition) is 5. The standard InChI is InChI=1S/C8H7N5O2/c14-5-9-6-1-3-7(4-2-6)15-8-10-12-13-11-8/h1-5H,(H,9,14)(H,10,11,12,13). The number of amides is 1. The van der Waals surface area contributed by atoms with Crippen LogP contribution in [0.2, 0.25) is 0 Å². The number of hydrogen-bond donors (Lipinski definition) is 2. The normalized spacial score (nSPS) is 9.60. The molecule has 0 unspecified atom stereocenters. The molecule has 0 radical (unpaired) electrons. The molecule has 0 saturated heterocycles. The Hall–Kier alpha value is -2.44. The van der Waals surface area contributed by atoms with Crippen molar-refractivity contribution in [1.29, 1.82) is 0 Å². The molecule has 15 heavy (non-hydrogen) atoms. The van der Waals surface area contributed by atoms with E-state index in [1.807, 2.05) is 0 Å². The van der Waals surface area contributed by atoms with Gasteiger partial charge in [-0.3, -0.25) is 4.79 Å². The molecule has 1 amide bonds. The fraction of sp³-hybridized carbons (Fsp3) is 0. The molecule has 2 aromatic rings. The fourth-order valence-corrected chi connectivity index (χ4v) is 0.989. The lowest BCUT2D eigenvalue weighted by atomic mass is 10.3. The summed E-state index contributed by atoms with van der Waals surface area (Å²) in [6.45, 7) is 0. The van der Waals surface area contributed by atoms with Crippen molar-refractivity contribution in [2.45, 2.75) is 0 Å². The quantitative estimate of drug-likeness (QED) is 0.711. The highest BCUT2D eigenvalue weighted by Gasteiger charge is 2.00. The smallest absolute Gasteiger partial charge is 0.361 e. The van der Waals surface area contributed by atoms with Gasteiger partial charge in [0.15, 0.2) is 0 Å². The molecule has 7 nitrogen and oxygen atoms in total. The zero-order chi connectivity index (χ0) is 10.5. The van der Waals surface area contributed by atoms with Gasteiger partial charge in [0, 0.05) is 5.69 Å². The fourth-order valence-electron chi connectivity index (χ4n) is 0.989. The van der Waals surface area contributed by atoms with Crippen LogP contribution >= 0.6 is 0 Å². The van der Waals surface area contributed by atoms with E-state index in [9.17, 15) is 4.79 Å². The minimum absolute atomic E-state index is 0.145. The van der Waals surface area contributed by atoms with Gasteiger partial charge in [-0.2, -0.15) is 5.21 Å². The molecule has 0 spiro atoms.